The van der Waals surface area contributed by atoms with Gasteiger partial charge >= 0.3 is 6.03 Å². The summed E-state index contributed by atoms with van der Waals surface area (Å²) in [5.74, 6) is -0.423. The first-order chi connectivity index (χ1) is 19.8. The van der Waals surface area contributed by atoms with Crippen molar-refractivity contribution in [2.24, 2.45) is 0 Å². The van der Waals surface area contributed by atoms with E-state index in [1.807, 2.05) is 30.5 Å². The van der Waals surface area contributed by atoms with Gasteiger partial charge in [0.25, 0.3) is 0 Å². The number of urea groups is 1. The molecule has 4 heterocycles. The molecule has 0 saturated carbocycles. The quantitative estimate of drug-likeness (QED) is 0.320. The molecule has 4 N–H and O–H groups in total. The lowest BCUT2D eigenvalue weighted by molar-refractivity contribution is -0.198. The first-order valence-corrected chi connectivity index (χ1v) is 14.7. The Morgan fingerprint density at radius 2 is 1.83 bits per heavy atom. The molecule has 12 heteroatoms. The summed E-state index contributed by atoms with van der Waals surface area (Å²) in [6, 6.07) is 8.03. The van der Waals surface area contributed by atoms with Crippen molar-refractivity contribution in [3.8, 4) is 0 Å². The summed E-state index contributed by atoms with van der Waals surface area (Å²) in [5.41, 5.74) is 9.20. The number of imidazole rings is 1. The van der Waals surface area contributed by atoms with E-state index >= 15 is 0 Å². The number of benzene rings is 1. The van der Waals surface area contributed by atoms with Crippen LogP contribution in [0.15, 0.2) is 36.9 Å². The van der Waals surface area contributed by atoms with Crippen molar-refractivity contribution in [2.45, 2.75) is 96.7 Å². The number of nitrogens with one attached hydrogen (secondary N) is 2. The lowest BCUT2D eigenvalue weighted by Gasteiger charge is -2.31. The second-order valence-corrected chi connectivity index (χ2v) is 12.9. The van der Waals surface area contributed by atoms with E-state index in [0.717, 1.165) is 18.7 Å². The molecule has 0 aliphatic carbocycles. The standard InChI is InChI=1S/C30H44N8O4/c1-18(2)37(14-8-13-32-28(39)36-20-11-9-19(10-12-20)29(3,4)5)15-21-23-24(42-30(6,7)41-23)27(40-21)38-17-35-22-25(31)33-16-34-26(22)38/h9-12,16-18,21,23-24,27H,8,13-15H2,1-7H3,(H2,31,33,34)(H2,32,36,39). The molecule has 3 aromatic rings. The third-order valence-corrected chi connectivity index (χ3v) is 7.85. The molecule has 12 nitrogen and oxygen atoms in total. The molecule has 0 bridgehead atoms. The van der Waals surface area contributed by atoms with Gasteiger partial charge in [-0.15, -0.1) is 0 Å². The Labute approximate surface area is 247 Å². The number of hydrogen-bond donors (Lipinski definition) is 3. The number of nitrogens with zero attached hydrogens (tertiary/aromatic N) is 5. The molecule has 2 aromatic heterocycles. The molecule has 4 atom stereocenters. The van der Waals surface area contributed by atoms with Gasteiger partial charge in [-0.05, 0) is 57.2 Å². The van der Waals surface area contributed by atoms with Crippen LogP contribution < -0.4 is 16.4 Å². The molecule has 228 valence electrons. The van der Waals surface area contributed by atoms with Crippen molar-refractivity contribution < 1.29 is 19.0 Å². The molecular formula is C30H44N8O4. The number of carbonyl (C=O) groups is 1. The molecule has 2 saturated heterocycles. The van der Waals surface area contributed by atoms with Crippen LogP contribution in [0.2, 0.25) is 0 Å². The Bertz CT molecular complexity index is 1380. The smallest absolute Gasteiger partial charge is 0.319 e. The number of fused-ring (bicyclic) bond motifs is 2. The summed E-state index contributed by atoms with van der Waals surface area (Å²) in [5, 5.41) is 5.89. The molecule has 5 rings (SSSR count). The largest absolute Gasteiger partial charge is 0.382 e. The third kappa shape index (κ3) is 6.51. The fraction of sp³-hybridized carbons (Fsp3) is 0.600. The third-order valence-electron chi connectivity index (χ3n) is 7.85. The Kier molecular flexibility index (Phi) is 8.44. The number of ether oxygens (including phenoxy) is 3. The fourth-order valence-corrected chi connectivity index (χ4v) is 5.59. The van der Waals surface area contributed by atoms with Crippen LogP contribution in [0.5, 0.6) is 0 Å². The van der Waals surface area contributed by atoms with Gasteiger partial charge in [0.1, 0.15) is 30.2 Å². The maximum absolute atomic E-state index is 12.5. The second-order valence-electron chi connectivity index (χ2n) is 12.9. The molecule has 2 aliphatic heterocycles. The molecule has 4 unspecified atom stereocenters. The highest BCUT2D eigenvalue weighted by Crippen LogP contribution is 2.44. The SMILES string of the molecule is CC(C)N(CCCNC(=O)Nc1ccc(C(C)(C)C)cc1)CC1OC(n2cnc3c(N)ncnc32)C2OC(C)(C)OC12. The number of nitrogen functional groups attached to an aromatic ring is 1. The maximum atomic E-state index is 12.5. The highest BCUT2D eigenvalue weighted by Gasteiger charge is 2.56. The minimum Gasteiger partial charge on any atom is -0.382 e. The number of anilines is 2. The van der Waals surface area contributed by atoms with Crippen LogP contribution in [0, 0.1) is 0 Å². The van der Waals surface area contributed by atoms with Crippen LogP contribution in [0.4, 0.5) is 16.3 Å². The number of hydrogen-bond acceptors (Lipinski definition) is 9. The van der Waals surface area contributed by atoms with Crippen LogP contribution in [0.1, 0.15) is 66.7 Å². The van der Waals surface area contributed by atoms with Gasteiger partial charge < -0.3 is 30.6 Å². The van der Waals surface area contributed by atoms with Gasteiger partial charge in [-0.2, -0.15) is 0 Å². The number of rotatable bonds is 9. The van der Waals surface area contributed by atoms with E-state index in [0.29, 0.717) is 30.1 Å². The highest BCUT2D eigenvalue weighted by molar-refractivity contribution is 5.89. The number of amides is 2. The van der Waals surface area contributed by atoms with E-state index in [1.54, 1.807) is 6.33 Å². The van der Waals surface area contributed by atoms with Crippen LogP contribution in [0.25, 0.3) is 11.2 Å². The number of nitrogens with two attached hydrogens (primary N) is 1. The van der Waals surface area contributed by atoms with Gasteiger partial charge in [-0.3, -0.25) is 9.47 Å². The lowest BCUT2D eigenvalue weighted by atomic mass is 9.87. The summed E-state index contributed by atoms with van der Waals surface area (Å²) in [6.45, 7) is 16.6. The summed E-state index contributed by atoms with van der Waals surface area (Å²) >= 11 is 0. The van der Waals surface area contributed by atoms with Crippen molar-refractivity contribution in [1.29, 1.82) is 0 Å². The first-order valence-electron chi connectivity index (χ1n) is 14.7. The van der Waals surface area contributed by atoms with E-state index in [-0.39, 0.29) is 35.8 Å². The average molecular weight is 581 g/mol. The number of aromatic nitrogens is 4. The normalized spacial score (nSPS) is 23.5. The topological polar surface area (TPSA) is 142 Å². The maximum Gasteiger partial charge on any atom is 0.319 e. The minimum absolute atomic E-state index is 0.0683. The van der Waals surface area contributed by atoms with Crippen LogP contribution >= 0.6 is 0 Å². The predicted molar refractivity (Wildman–Crippen MR) is 161 cm³/mol. The number of carbonyl (C=O) groups excluding carboxylic acids is 1. The molecule has 1 aromatic carbocycles. The zero-order valence-electron chi connectivity index (χ0n) is 25.6. The summed E-state index contributed by atoms with van der Waals surface area (Å²) < 4.78 is 21.1. The van der Waals surface area contributed by atoms with E-state index in [9.17, 15) is 4.79 Å². The minimum atomic E-state index is -0.743. The second kappa shape index (κ2) is 11.8. The Morgan fingerprint density at radius 1 is 1.12 bits per heavy atom. The van der Waals surface area contributed by atoms with Crippen molar-refractivity contribution in [3.05, 3.63) is 42.5 Å². The zero-order chi connectivity index (χ0) is 30.2. The molecular weight excluding hydrogens is 536 g/mol. The molecule has 0 spiro atoms. The average Bonchev–Trinajstić information content (AvgIpc) is 3.57. The molecule has 2 amide bonds. The van der Waals surface area contributed by atoms with Gasteiger partial charge in [0, 0.05) is 31.4 Å². The Morgan fingerprint density at radius 3 is 2.52 bits per heavy atom. The molecule has 0 radical (unpaired) electrons. The van der Waals surface area contributed by atoms with Gasteiger partial charge in [-0.25, -0.2) is 19.7 Å². The Hall–Kier alpha value is -3.32. The van der Waals surface area contributed by atoms with Crippen LogP contribution in [-0.4, -0.2) is 80.2 Å². The van der Waals surface area contributed by atoms with Crippen molar-refractivity contribution in [2.75, 3.05) is 30.7 Å². The van der Waals surface area contributed by atoms with Gasteiger partial charge in [0.05, 0.1) is 6.33 Å². The lowest BCUT2D eigenvalue weighted by Crippen LogP contribution is -2.44. The molecule has 42 heavy (non-hydrogen) atoms. The van der Waals surface area contributed by atoms with Gasteiger partial charge in [-0.1, -0.05) is 32.9 Å². The van der Waals surface area contributed by atoms with Gasteiger partial charge in [0.2, 0.25) is 0 Å². The summed E-state index contributed by atoms with van der Waals surface area (Å²) in [7, 11) is 0. The Balaban J connectivity index is 1.18. The summed E-state index contributed by atoms with van der Waals surface area (Å²) in [4.78, 5) is 27.7. The monoisotopic (exact) mass is 580 g/mol. The zero-order valence-corrected chi connectivity index (χ0v) is 25.6. The predicted octanol–water partition coefficient (Wildman–Crippen LogP) is 4.05. The van der Waals surface area contributed by atoms with E-state index in [2.05, 4.69) is 77.2 Å². The van der Waals surface area contributed by atoms with Gasteiger partial charge in [0.15, 0.2) is 23.5 Å². The van der Waals surface area contributed by atoms with Crippen molar-refractivity contribution >= 4 is 28.7 Å². The van der Waals surface area contributed by atoms with E-state index in [4.69, 9.17) is 19.9 Å². The van der Waals surface area contributed by atoms with Crippen molar-refractivity contribution in [1.82, 2.24) is 29.7 Å². The fourth-order valence-electron chi connectivity index (χ4n) is 5.59. The van der Waals surface area contributed by atoms with E-state index < -0.39 is 12.0 Å². The highest BCUT2D eigenvalue weighted by atomic mass is 16.8. The summed E-state index contributed by atoms with van der Waals surface area (Å²) in [6.07, 6.45) is 2.56. The van der Waals surface area contributed by atoms with Crippen LogP contribution in [0.3, 0.4) is 0 Å². The molecule has 2 fully saturated rings. The van der Waals surface area contributed by atoms with Crippen molar-refractivity contribution in [3.63, 3.8) is 0 Å². The first kappa shape index (κ1) is 30.1. The molecule has 2 aliphatic rings. The van der Waals surface area contributed by atoms with E-state index in [1.165, 1.54) is 11.9 Å². The van der Waals surface area contributed by atoms with Crippen LogP contribution in [-0.2, 0) is 19.6 Å².